The number of likely N-dealkylation sites (tertiary alicyclic amines) is 1. The number of piperidine rings is 1. The van der Waals surface area contributed by atoms with Crippen LogP contribution in [0.5, 0.6) is 0 Å². The van der Waals surface area contributed by atoms with Crippen LogP contribution in [0.4, 0.5) is 5.13 Å². The number of nitrogens with zero attached hydrogens (tertiary/aromatic N) is 2. The van der Waals surface area contributed by atoms with Crippen molar-refractivity contribution in [3.05, 3.63) is 10.6 Å². The summed E-state index contributed by atoms with van der Waals surface area (Å²) < 4.78 is 0. The summed E-state index contributed by atoms with van der Waals surface area (Å²) in [4.78, 5) is 31.9. The Morgan fingerprint density at radius 2 is 1.74 bits per heavy atom. The van der Waals surface area contributed by atoms with Gasteiger partial charge < -0.3 is 10.2 Å². The average Bonchev–Trinajstić information content (AvgIpc) is 2.96. The Bertz CT molecular complexity index is 572. The van der Waals surface area contributed by atoms with Gasteiger partial charge in [0.05, 0.1) is 5.69 Å². The van der Waals surface area contributed by atoms with Crippen LogP contribution >= 0.6 is 11.3 Å². The standard InChI is InChI=1S/C17H25N3O2S/c1-12-14(16(22)20-10-6-3-7-11-20)23-17(18-12)19-15(21)13-8-4-2-5-9-13/h13H,2-11H2,1H3,(H,18,19,21). The van der Waals surface area contributed by atoms with Gasteiger partial charge in [0.2, 0.25) is 5.91 Å². The SMILES string of the molecule is Cc1nc(NC(=O)C2CCCCC2)sc1C(=O)N1CCCCC1. The lowest BCUT2D eigenvalue weighted by atomic mass is 9.89. The first kappa shape index (κ1) is 16.4. The van der Waals surface area contributed by atoms with Crippen molar-refractivity contribution < 1.29 is 9.59 Å². The molecule has 0 atom stereocenters. The molecule has 1 aromatic rings. The number of thiazole rings is 1. The van der Waals surface area contributed by atoms with Gasteiger partial charge >= 0.3 is 0 Å². The average molecular weight is 335 g/mol. The summed E-state index contributed by atoms with van der Waals surface area (Å²) in [7, 11) is 0. The van der Waals surface area contributed by atoms with E-state index in [1.54, 1.807) is 0 Å². The van der Waals surface area contributed by atoms with Crippen LogP contribution < -0.4 is 5.32 Å². The van der Waals surface area contributed by atoms with E-state index in [1.807, 2.05) is 11.8 Å². The highest BCUT2D eigenvalue weighted by atomic mass is 32.1. The van der Waals surface area contributed by atoms with Crippen LogP contribution in [-0.2, 0) is 4.79 Å². The Balaban J connectivity index is 1.65. The van der Waals surface area contributed by atoms with Gasteiger partial charge in [-0.05, 0) is 39.0 Å². The van der Waals surface area contributed by atoms with E-state index in [2.05, 4.69) is 10.3 Å². The Kier molecular flexibility index (Phi) is 5.30. The maximum atomic E-state index is 12.6. The van der Waals surface area contributed by atoms with E-state index >= 15 is 0 Å². The van der Waals surface area contributed by atoms with Gasteiger partial charge in [0.1, 0.15) is 4.88 Å². The highest BCUT2D eigenvalue weighted by molar-refractivity contribution is 7.17. The van der Waals surface area contributed by atoms with Gasteiger partial charge in [-0.3, -0.25) is 9.59 Å². The molecule has 1 saturated carbocycles. The summed E-state index contributed by atoms with van der Waals surface area (Å²) in [6.45, 7) is 3.52. The molecule has 0 aromatic carbocycles. The summed E-state index contributed by atoms with van der Waals surface area (Å²) in [5.74, 6) is 0.238. The predicted octanol–water partition coefficient (Wildman–Crippen LogP) is 3.60. The number of hydrogen-bond acceptors (Lipinski definition) is 4. The summed E-state index contributed by atoms with van der Waals surface area (Å²) in [6, 6.07) is 0. The van der Waals surface area contributed by atoms with E-state index in [4.69, 9.17) is 0 Å². The second-order valence-corrected chi connectivity index (χ2v) is 7.61. The minimum atomic E-state index is 0.0652. The molecule has 3 rings (SSSR count). The van der Waals surface area contributed by atoms with Crippen molar-refractivity contribution in [1.29, 1.82) is 0 Å². The van der Waals surface area contributed by atoms with E-state index in [-0.39, 0.29) is 17.7 Å². The number of rotatable bonds is 3. The number of aryl methyl sites for hydroxylation is 1. The lowest BCUT2D eigenvalue weighted by molar-refractivity contribution is -0.120. The molecule has 1 N–H and O–H groups in total. The van der Waals surface area contributed by atoms with Crippen LogP contribution in [0.3, 0.4) is 0 Å². The topological polar surface area (TPSA) is 62.3 Å². The lowest BCUT2D eigenvalue weighted by Crippen LogP contribution is -2.35. The van der Waals surface area contributed by atoms with Crippen molar-refractivity contribution in [2.75, 3.05) is 18.4 Å². The van der Waals surface area contributed by atoms with Gasteiger partial charge in [0.15, 0.2) is 5.13 Å². The van der Waals surface area contributed by atoms with Crippen molar-refractivity contribution in [2.45, 2.75) is 58.3 Å². The maximum absolute atomic E-state index is 12.6. The van der Waals surface area contributed by atoms with Crippen LogP contribution in [0.25, 0.3) is 0 Å². The molecule has 2 heterocycles. The molecule has 0 unspecified atom stereocenters. The van der Waals surface area contributed by atoms with E-state index in [0.29, 0.717) is 10.0 Å². The summed E-state index contributed by atoms with van der Waals surface area (Å²) >= 11 is 1.32. The molecule has 2 amide bonds. The van der Waals surface area contributed by atoms with Crippen LogP contribution in [0.2, 0.25) is 0 Å². The van der Waals surface area contributed by atoms with E-state index in [1.165, 1.54) is 24.2 Å². The third kappa shape index (κ3) is 3.91. The second-order valence-electron chi connectivity index (χ2n) is 6.61. The summed E-state index contributed by atoms with van der Waals surface area (Å²) in [5.41, 5.74) is 0.726. The summed E-state index contributed by atoms with van der Waals surface area (Å²) in [6.07, 6.45) is 8.79. The highest BCUT2D eigenvalue weighted by Crippen LogP contribution is 2.28. The van der Waals surface area contributed by atoms with Gasteiger partial charge in [0, 0.05) is 19.0 Å². The molecule has 1 aliphatic heterocycles. The smallest absolute Gasteiger partial charge is 0.265 e. The van der Waals surface area contributed by atoms with Crippen molar-refractivity contribution in [3.63, 3.8) is 0 Å². The van der Waals surface area contributed by atoms with Crippen LogP contribution in [0.15, 0.2) is 0 Å². The van der Waals surface area contributed by atoms with Gasteiger partial charge in [-0.25, -0.2) is 4.98 Å². The largest absolute Gasteiger partial charge is 0.338 e. The van der Waals surface area contributed by atoms with Crippen LogP contribution in [0.1, 0.15) is 66.7 Å². The van der Waals surface area contributed by atoms with Crippen molar-refractivity contribution in [1.82, 2.24) is 9.88 Å². The van der Waals surface area contributed by atoms with Gasteiger partial charge in [0.25, 0.3) is 5.91 Å². The second kappa shape index (κ2) is 7.43. The number of carbonyl (C=O) groups is 2. The molecule has 1 saturated heterocycles. The Morgan fingerprint density at radius 1 is 1.09 bits per heavy atom. The zero-order valence-corrected chi connectivity index (χ0v) is 14.6. The van der Waals surface area contributed by atoms with Crippen LogP contribution in [0, 0.1) is 12.8 Å². The molecule has 2 fully saturated rings. The number of carbonyl (C=O) groups excluding carboxylic acids is 2. The quantitative estimate of drug-likeness (QED) is 0.918. The fraction of sp³-hybridized carbons (Fsp3) is 0.706. The fourth-order valence-corrected chi connectivity index (χ4v) is 4.40. The molecule has 1 aromatic heterocycles. The number of nitrogens with one attached hydrogen (secondary N) is 1. The fourth-order valence-electron chi connectivity index (χ4n) is 3.46. The Hall–Kier alpha value is -1.43. The first-order chi connectivity index (χ1) is 11.1. The zero-order chi connectivity index (χ0) is 16.2. The molecule has 0 bridgehead atoms. The third-order valence-electron chi connectivity index (χ3n) is 4.84. The minimum absolute atomic E-state index is 0.0652. The number of anilines is 1. The van der Waals surface area contributed by atoms with Crippen molar-refractivity contribution in [2.24, 2.45) is 5.92 Å². The summed E-state index contributed by atoms with van der Waals surface area (Å²) in [5, 5.41) is 3.50. The highest BCUT2D eigenvalue weighted by Gasteiger charge is 2.25. The Morgan fingerprint density at radius 3 is 2.43 bits per heavy atom. The maximum Gasteiger partial charge on any atom is 0.265 e. The molecule has 6 heteroatoms. The number of amides is 2. The number of hydrogen-bond donors (Lipinski definition) is 1. The van der Waals surface area contributed by atoms with Gasteiger partial charge in [-0.2, -0.15) is 0 Å². The lowest BCUT2D eigenvalue weighted by Gasteiger charge is -2.26. The molecular weight excluding hydrogens is 310 g/mol. The molecule has 1 aliphatic carbocycles. The molecule has 5 nitrogen and oxygen atoms in total. The molecule has 0 spiro atoms. The van der Waals surface area contributed by atoms with E-state index in [9.17, 15) is 9.59 Å². The van der Waals surface area contributed by atoms with E-state index in [0.717, 1.165) is 57.3 Å². The number of aromatic nitrogens is 1. The first-order valence-electron chi connectivity index (χ1n) is 8.72. The third-order valence-corrected chi connectivity index (χ3v) is 5.90. The minimum Gasteiger partial charge on any atom is -0.338 e. The molecule has 2 aliphatic rings. The van der Waals surface area contributed by atoms with Gasteiger partial charge in [-0.1, -0.05) is 30.6 Å². The Labute approximate surface area is 141 Å². The molecule has 0 radical (unpaired) electrons. The monoisotopic (exact) mass is 335 g/mol. The first-order valence-corrected chi connectivity index (χ1v) is 9.54. The predicted molar refractivity (Wildman–Crippen MR) is 91.8 cm³/mol. The van der Waals surface area contributed by atoms with Crippen molar-refractivity contribution >= 4 is 28.3 Å². The van der Waals surface area contributed by atoms with Crippen LogP contribution in [-0.4, -0.2) is 34.8 Å². The normalized spacial score (nSPS) is 19.6. The molecular formula is C17H25N3O2S. The van der Waals surface area contributed by atoms with E-state index < -0.39 is 0 Å². The molecule has 23 heavy (non-hydrogen) atoms. The van der Waals surface area contributed by atoms with Crippen molar-refractivity contribution in [3.8, 4) is 0 Å². The molecule has 126 valence electrons. The zero-order valence-electron chi connectivity index (χ0n) is 13.8. The van der Waals surface area contributed by atoms with Gasteiger partial charge in [-0.15, -0.1) is 0 Å².